The van der Waals surface area contributed by atoms with E-state index in [1.165, 1.54) is 13.3 Å². The van der Waals surface area contributed by atoms with Crippen LogP contribution in [0.1, 0.15) is 31.2 Å². The van der Waals surface area contributed by atoms with Gasteiger partial charge in [0.1, 0.15) is 18.1 Å². The molecule has 1 aromatic heterocycles. The van der Waals surface area contributed by atoms with Crippen molar-refractivity contribution in [3.63, 3.8) is 0 Å². The summed E-state index contributed by atoms with van der Waals surface area (Å²) >= 11 is 9.52. The van der Waals surface area contributed by atoms with Gasteiger partial charge in [0.25, 0.3) is 0 Å². The number of benzene rings is 2. The van der Waals surface area contributed by atoms with Crippen LogP contribution in [0.4, 0.5) is 4.79 Å². The number of hydrogen-bond donors (Lipinski definition) is 4. The Morgan fingerprint density at radius 2 is 2.02 bits per heavy atom. The lowest BCUT2D eigenvalue weighted by molar-refractivity contribution is -0.136. The maximum absolute atomic E-state index is 12.4. The molecule has 4 rings (SSSR count). The smallest absolute Gasteiger partial charge is 0.337 e. The van der Waals surface area contributed by atoms with Gasteiger partial charge >= 0.3 is 12.0 Å². The van der Waals surface area contributed by atoms with Gasteiger partial charge < -0.3 is 34.4 Å². The zero-order chi connectivity index (χ0) is 29.5. The second-order valence-corrected chi connectivity index (χ2v) is 10.0. The molecule has 41 heavy (non-hydrogen) atoms. The summed E-state index contributed by atoms with van der Waals surface area (Å²) in [4.78, 5) is 24.5. The van der Waals surface area contributed by atoms with Crippen molar-refractivity contribution in [3.05, 3.63) is 80.6 Å². The highest BCUT2D eigenvalue weighted by molar-refractivity contribution is 9.10. The number of rotatable bonds is 11. The molecule has 0 saturated carbocycles. The molecule has 2 heterocycles. The molecule has 0 fully saturated rings. The van der Waals surface area contributed by atoms with Crippen LogP contribution in [0, 0.1) is 0 Å². The van der Waals surface area contributed by atoms with Gasteiger partial charge in [-0.15, -0.1) is 0 Å². The topological polar surface area (TPSA) is 144 Å². The van der Waals surface area contributed by atoms with Crippen molar-refractivity contribution in [2.24, 2.45) is 5.10 Å². The summed E-state index contributed by atoms with van der Waals surface area (Å²) in [5, 5.41) is 20.2. The van der Waals surface area contributed by atoms with E-state index in [9.17, 15) is 14.7 Å². The van der Waals surface area contributed by atoms with Crippen LogP contribution in [0.3, 0.4) is 0 Å². The Kier molecular flexibility index (Phi) is 9.92. The number of allylic oxidation sites excluding steroid dienone is 1. The molecule has 0 radical (unpaired) electrons. The van der Waals surface area contributed by atoms with Crippen molar-refractivity contribution in [2.45, 2.75) is 26.1 Å². The first-order valence-electron chi connectivity index (χ1n) is 12.5. The average Bonchev–Trinajstić information content (AvgIpc) is 3.42. The molecule has 4 N–H and O–H groups in total. The van der Waals surface area contributed by atoms with Gasteiger partial charge in [-0.3, -0.25) is 5.43 Å². The summed E-state index contributed by atoms with van der Waals surface area (Å²) in [6, 6.07) is 12.8. The van der Waals surface area contributed by atoms with Gasteiger partial charge in [0.05, 0.1) is 36.6 Å². The number of amides is 2. The first-order chi connectivity index (χ1) is 19.7. The first-order valence-corrected chi connectivity index (χ1v) is 13.6. The van der Waals surface area contributed by atoms with Gasteiger partial charge in [-0.1, -0.05) is 23.7 Å². The normalized spacial score (nSPS) is 15.8. The molecule has 2 atom stereocenters. The minimum absolute atomic E-state index is 0.159. The number of aliphatic hydroxyl groups is 1. The molecule has 0 aliphatic carbocycles. The molecular formula is C28H28BrClN4O7. The van der Waals surface area contributed by atoms with E-state index in [1.807, 2.05) is 19.1 Å². The Hall–Kier alpha value is -4.00. The van der Waals surface area contributed by atoms with Crippen LogP contribution in [0.15, 0.2) is 73.8 Å². The van der Waals surface area contributed by atoms with Gasteiger partial charge in [-0.25, -0.2) is 9.59 Å². The quantitative estimate of drug-likeness (QED) is 0.0998. The second-order valence-electron chi connectivity index (χ2n) is 8.75. The highest BCUT2D eigenvalue weighted by Gasteiger charge is 2.32. The van der Waals surface area contributed by atoms with Crippen LogP contribution in [0.5, 0.6) is 11.5 Å². The van der Waals surface area contributed by atoms with E-state index in [-0.39, 0.29) is 12.2 Å². The minimum Gasteiger partial charge on any atom is -0.490 e. The summed E-state index contributed by atoms with van der Waals surface area (Å²) in [7, 11) is 1.27. The number of ether oxygens (including phenoxy) is 3. The standard InChI is InChI=1S/C28H28BrClN4O7/c1-4-39-23-12-17(26-25(27(36)38-3)15(2)32-28(37)33-26)6-9-22(23)40-14-24(35)34-31-13-18-7-10-21(41-18)16-5-8-19(29)20(30)11-16/h5-13,24,26,34-35H,4,14H2,1-3H3,(H2,32,33,37)/b31-13-/t24-,26-/m0/s1. The highest BCUT2D eigenvalue weighted by atomic mass is 79.9. The molecule has 1 aliphatic heterocycles. The molecule has 11 nitrogen and oxygen atoms in total. The van der Waals surface area contributed by atoms with E-state index in [2.05, 4.69) is 37.1 Å². The molecule has 0 unspecified atom stereocenters. The van der Waals surface area contributed by atoms with Crippen LogP contribution in [-0.4, -0.2) is 49.9 Å². The molecule has 1 aliphatic rings. The van der Waals surface area contributed by atoms with Gasteiger partial charge in [-0.2, -0.15) is 5.10 Å². The first kappa shape index (κ1) is 30.0. The fourth-order valence-corrected chi connectivity index (χ4v) is 4.46. The number of hydrogen-bond acceptors (Lipinski definition) is 9. The van der Waals surface area contributed by atoms with Crippen molar-refractivity contribution in [2.75, 3.05) is 20.3 Å². The summed E-state index contributed by atoms with van der Waals surface area (Å²) in [6.07, 6.45) is 0.273. The minimum atomic E-state index is -1.15. The monoisotopic (exact) mass is 646 g/mol. The molecule has 3 aromatic rings. The van der Waals surface area contributed by atoms with E-state index in [1.54, 1.807) is 43.3 Å². The maximum atomic E-state index is 12.4. The van der Waals surface area contributed by atoms with Crippen LogP contribution >= 0.6 is 27.5 Å². The van der Waals surface area contributed by atoms with Gasteiger partial charge in [0.15, 0.2) is 17.7 Å². The van der Waals surface area contributed by atoms with Gasteiger partial charge in [0, 0.05) is 15.7 Å². The Balaban J connectivity index is 1.39. The van der Waals surface area contributed by atoms with Crippen molar-refractivity contribution in [1.29, 1.82) is 0 Å². The van der Waals surface area contributed by atoms with Crippen molar-refractivity contribution in [3.8, 4) is 22.8 Å². The summed E-state index contributed by atoms with van der Waals surface area (Å²) in [6.45, 7) is 3.61. The molecule has 0 spiro atoms. The van der Waals surface area contributed by atoms with E-state index in [0.717, 1.165) is 10.0 Å². The second kappa shape index (κ2) is 13.6. The van der Waals surface area contributed by atoms with Crippen LogP contribution < -0.4 is 25.5 Å². The van der Waals surface area contributed by atoms with Crippen molar-refractivity contribution >= 4 is 45.7 Å². The number of carbonyl (C=O) groups excluding carboxylic acids is 2. The lowest BCUT2D eigenvalue weighted by Gasteiger charge is -2.28. The van der Waals surface area contributed by atoms with E-state index >= 15 is 0 Å². The van der Waals surface area contributed by atoms with Gasteiger partial charge in [0.2, 0.25) is 0 Å². The van der Waals surface area contributed by atoms with E-state index < -0.39 is 24.3 Å². The summed E-state index contributed by atoms with van der Waals surface area (Å²) < 4.78 is 22.9. The average molecular weight is 648 g/mol. The third-order valence-corrected chi connectivity index (χ3v) is 7.15. The number of esters is 1. The molecule has 216 valence electrons. The van der Waals surface area contributed by atoms with Crippen LogP contribution in [0.2, 0.25) is 5.02 Å². The summed E-state index contributed by atoms with van der Waals surface area (Å²) in [5.41, 5.74) is 4.63. The van der Waals surface area contributed by atoms with Crippen molar-refractivity contribution in [1.82, 2.24) is 16.1 Å². The molecule has 0 saturated heterocycles. The third kappa shape index (κ3) is 7.40. The largest absolute Gasteiger partial charge is 0.490 e. The Morgan fingerprint density at radius 1 is 1.22 bits per heavy atom. The predicted molar refractivity (Wildman–Crippen MR) is 156 cm³/mol. The number of hydrazone groups is 1. The number of aliphatic hydroxyl groups excluding tert-OH is 1. The fourth-order valence-electron chi connectivity index (χ4n) is 4.04. The SMILES string of the molecule is CCOc1cc([C@@H]2NC(=O)NC(C)=C2C(=O)OC)ccc1OC[C@H](O)N/N=C\c1ccc(-c2ccc(Br)c(Cl)c2)o1. The maximum Gasteiger partial charge on any atom is 0.337 e. The highest BCUT2D eigenvalue weighted by Crippen LogP contribution is 2.35. The summed E-state index contributed by atoms with van der Waals surface area (Å²) in [5.74, 6) is 1.23. The fraction of sp³-hybridized carbons (Fsp3) is 0.250. The number of nitrogens with one attached hydrogen (secondary N) is 3. The number of furan rings is 1. The lowest BCUT2D eigenvalue weighted by atomic mass is 9.95. The molecule has 13 heteroatoms. The van der Waals surface area contributed by atoms with Crippen LogP contribution in [-0.2, 0) is 9.53 Å². The predicted octanol–water partition coefficient (Wildman–Crippen LogP) is 4.88. The Bertz CT molecular complexity index is 1490. The zero-order valence-electron chi connectivity index (χ0n) is 22.4. The third-order valence-electron chi connectivity index (χ3n) is 5.92. The van der Waals surface area contributed by atoms with Crippen LogP contribution in [0.25, 0.3) is 11.3 Å². The number of halogens is 2. The lowest BCUT2D eigenvalue weighted by Crippen LogP contribution is -2.45. The number of urea groups is 1. The van der Waals surface area contributed by atoms with Crippen molar-refractivity contribution < 1.29 is 33.3 Å². The number of methoxy groups -OCH3 is 1. The van der Waals surface area contributed by atoms with Gasteiger partial charge in [-0.05, 0) is 71.7 Å². The Labute approximate surface area is 249 Å². The number of carbonyl (C=O) groups is 2. The Morgan fingerprint density at radius 3 is 2.76 bits per heavy atom. The molecular weight excluding hydrogens is 620 g/mol. The van der Waals surface area contributed by atoms with E-state index in [0.29, 0.717) is 45.9 Å². The number of nitrogens with zero attached hydrogens (tertiary/aromatic N) is 1. The van der Waals surface area contributed by atoms with E-state index in [4.69, 9.17) is 30.2 Å². The molecule has 2 aromatic carbocycles. The molecule has 2 amide bonds. The molecule has 0 bridgehead atoms. The zero-order valence-corrected chi connectivity index (χ0v) is 24.7.